The normalized spacial score (nSPS) is 9.89. The molecular weight excluding hydrogens is 242 g/mol. The number of rotatable bonds is 5. The number of anilines is 2. The molecule has 1 aromatic carbocycles. The Balaban J connectivity index is 3.07. The summed E-state index contributed by atoms with van der Waals surface area (Å²) in [6, 6.07) is 5.31. The van der Waals surface area contributed by atoms with Crippen LogP contribution in [0.1, 0.15) is 30.6 Å². The second kappa shape index (κ2) is 6.78. The molecule has 0 fully saturated rings. The molecule has 1 rings (SSSR count). The third kappa shape index (κ3) is 4.28. The fourth-order valence-corrected chi connectivity index (χ4v) is 1.72. The van der Waals surface area contributed by atoms with E-state index in [4.69, 9.17) is 0 Å². The zero-order valence-electron chi connectivity index (χ0n) is 11.9. The van der Waals surface area contributed by atoms with Crippen molar-refractivity contribution in [2.24, 2.45) is 0 Å². The Kier molecular flexibility index (Phi) is 5.36. The summed E-state index contributed by atoms with van der Waals surface area (Å²) in [5, 5.41) is 5.53. The molecule has 0 spiro atoms. The van der Waals surface area contributed by atoms with Gasteiger partial charge >= 0.3 is 0 Å². The largest absolute Gasteiger partial charge is 0.377 e. The van der Waals surface area contributed by atoms with Crippen molar-refractivity contribution in [1.29, 1.82) is 0 Å². The second-order valence-electron chi connectivity index (χ2n) is 4.56. The van der Waals surface area contributed by atoms with Gasteiger partial charge in [-0.3, -0.25) is 9.59 Å². The van der Waals surface area contributed by atoms with Crippen molar-refractivity contribution in [2.75, 3.05) is 30.9 Å². The first-order valence-electron chi connectivity index (χ1n) is 6.32. The fraction of sp³-hybridized carbons (Fsp3) is 0.429. The molecule has 5 nitrogen and oxygen atoms in total. The summed E-state index contributed by atoms with van der Waals surface area (Å²) in [5.74, 6) is -0.282. The van der Waals surface area contributed by atoms with E-state index in [-0.39, 0.29) is 11.8 Å². The molecule has 0 saturated carbocycles. The standard InChI is InChI=1S/C14H21N3O2/c1-5-8-15-14(19)12-9-11(16-10(2)18)6-7-13(12)17(3)4/h6-7,9H,5,8H2,1-4H3,(H,15,19)(H,16,18). The van der Waals surface area contributed by atoms with Crippen molar-refractivity contribution < 1.29 is 9.59 Å². The topological polar surface area (TPSA) is 61.4 Å². The SMILES string of the molecule is CCCNC(=O)c1cc(NC(C)=O)ccc1N(C)C. The van der Waals surface area contributed by atoms with E-state index in [0.29, 0.717) is 17.8 Å². The number of hydrogen-bond donors (Lipinski definition) is 2. The van der Waals surface area contributed by atoms with Crippen molar-refractivity contribution in [2.45, 2.75) is 20.3 Å². The van der Waals surface area contributed by atoms with Crippen LogP contribution in [0, 0.1) is 0 Å². The Morgan fingerprint density at radius 3 is 2.47 bits per heavy atom. The lowest BCUT2D eigenvalue weighted by Crippen LogP contribution is -2.26. The van der Waals surface area contributed by atoms with Crippen LogP contribution < -0.4 is 15.5 Å². The van der Waals surface area contributed by atoms with Gasteiger partial charge in [0, 0.05) is 38.9 Å². The van der Waals surface area contributed by atoms with Crippen LogP contribution in [-0.4, -0.2) is 32.5 Å². The fourth-order valence-electron chi connectivity index (χ4n) is 1.72. The Morgan fingerprint density at radius 1 is 1.26 bits per heavy atom. The molecule has 0 aromatic heterocycles. The molecule has 19 heavy (non-hydrogen) atoms. The van der Waals surface area contributed by atoms with Crippen molar-refractivity contribution in [3.63, 3.8) is 0 Å². The maximum atomic E-state index is 12.1. The van der Waals surface area contributed by atoms with Crippen LogP contribution in [0.15, 0.2) is 18.2 Å². The van der Waals surface area contributed by atoms with Gasteiger partial charge in [-0.05, 0) is 24.6 Å². The minimum Gasteiger partial charge on any atom is -0.377 e. The molecule has 1 aromatic rings. The number of amides is 2. The van der Waals surface area contributed by atoms with Gasteiger partial charge in [-0.15, -0.1) is 0 Å². The lowest BCUT2D eigenvalue weighted by Gasteiger charge is -2.18. The minimum absolute atomic E-state index is 0.127. The number of benzene rings is 1. The molecule has 0 radical (unpaired) electrons. The summed E-state index contributed by atoms with van der Waals surface area (Å²) >= 11 is 0. The first-order chi connectivity index (χ1) is 8.95. The van der Waals surface area contributed by atoms with Crippen molar-refractivity contribution in [1.82, 2.24) is 5.32 Å². The van der Waals surface area contributed by atoms with Crippen LogP contribution in [0.2, 0.25) is 0 Å². The lowest BCUT2D eigenvalue weighted by atomic mass is 10.1. The zero-order chi connectivity index (χ0) is 14.4. The quantitative estimate of drug-likeness (QED) is 0.852. The van der Waals surface area contributed by atoms with Gasteiger partial charge in [0.2, 0.25) is 5.91 Å². The van der Waals surface area contributed by atoms with Gasteiger partial charge < -0.3 is 15.5 Å². The maximum Gasteiger partial charge on any atom is 0.253 e. The number of carbonyl (C=O) groups excluding carboxylic acids is 2. The van der Waals surface area contributed by atoms with Gasteiger partial charge in [-0.2, -0.15) is 0 Å². The molecule has 2 amide bonds. The average molecular weight is 263 g/mol. The molecule has 0 unspecified atom stereocenters. The van der Waals surface area contributed by atoms with E-state index in [1.54, 1.807) is 12.1 Å². The average Bonchev–Trinajstić information content (AvgIpc) is 2.34. The van der Waals surface area contributed by atoms with Crippen molar-refractivity contribution in [3.05, 3.63) is 23.8 Å². The summed E-state index contributed by atoms with van der Waals surface area (Å²) in [4.78, 5) is 25.1. The van der Waals surface area contributed by atoms with E-state index in [1.165, 1.54) is 6.92 Å². The Morgan fingerprint density at radius 2 is 1.95 bits per heavy atom. The molecule has 0 aliphatic carbocycles. The summed E-state index contributed by atoms with van der Waals surface area (Å²) in [5.41, 5.74) is 2.01. The Bertz CT molecular complexity index is 470. The summed E-state index contributed by atoms with van der Waals surface area (Å²) in [7, 11) is 3.76. The highest BCUT2D eigenvalue weighted by Gasteiger charge is 2.13. The van der Waals surface area contributed by atoms with Crippen molar-refractivity contribution in [3.8, 4) is 0 Å². The highest BCUT2D eigenvalue weighted by atomic mass is 16.2. The zero-order valence-corrected chi connectivity index (χ0v) is 11.9. The molecule has 5 heteroatoms. The lowest BCUT2D eigenvalue weighted by molar-refractivity contribution is -0.114. The van der Waals surface area contributed by atoms with E-state index >= 15 is 0 Å². The van der Waals surface area contributed by atoms with Crippen molar-refractivity contribution >= 4 is 23.2 Å². The summed E-state index contributed by atoms with van der Waals surface area (Å²) in [6.45, 7) is 4.08. The third-order valence-electron chi connectivity index (χ3n) is 2.58. The second-order valence-corrected chi connectivity index (χ2v) is 4.56. The molecule has 2 N–H and O–H groups in total. The smallest absolute Gasteiger partial charge is 0.253 e. The molecule has 0 aliphatic rings. The maximum absolute atomic E-state index is 12.1. The van der Waals surface area contributed by atoms with E-state index in [0.717, 1.165) is 12.1 Å². The highest BCUT2D eigenvalue weighted by Crippen LogP contribution is 2.22. The van der Waals surface area contributed by atoms with Crippen LogP contribution in [0.5, 0.6) is 0 Å². The number of carbonyl (C=O) groups is 2. The molecule has 0 bridgehead atoms. The summed E-state index contributed by atoms with van der Waals surface area (Å²) in [6.07, 6.45) is 0.883. The molecule has 0 aliphatic heterocycles. The van der Waals surface area contributed by atoms with Crippen LogP contribution in [0.3, 0.4) is 0 Å². The van der Waals surface area contributed by atoms with Gasteiger partial charge in [0.15, 0.2) is 0 Å². The van der Waals surface area contributed by atoms with E-state index in [2.05, 4.69) is 10.6 Å². The third-order valence-corrected chi connectivity index (χ3v) is 2.58. The Hall–Kier alpha value is -2.04. The van der Waals surface area contributed by atoms with Crippen LogP contribution in [0.25, 0.3) is 0 Å². The molecule has 0 atom stereocenters. The highest BCUT2D eigenvalue weighted by molar-refractivity contribution is 6.01. The van der Waals surface area contributed by atoms with E-state index in [1.807, 2.05) is 32.0 Å². The van der Waals surface area contributed by atoms with Gasteiger partial charge in [0.05, 0.1) is 5.56 Å². The molecular formula is C14H21N3O2. The van der Waals surface area contributed by atoms with Gasteiger partial charge in [-0.1, -0.05) is 6.92 Å². The van der Waals surface area contributed by atoms with E-state index < -0.39 is 0 Å². The predicted molar refractivity (Wildman–Crippen MR) is 77.7 cm³/mol. The molecule has 0 heterocycles. The molecule has 104 valence electrons. The first kappa shape index (κ1) is 15.0. The summed E-state index contributed by atoms with van der Waals surface area (Å²) < 4.78 is 0. The monoisotopic (exact) mass is 263 g/mol. The van der Waals surface area contributed by atoms with Gasteiger partial charge in [0.25, 0.3) is 5.91 Å². The predicted octanol–water partition coefficient (Wildman–Crippen LogP) is 1.85. The van der Waals surface area contributed by atoms with Gasteiger partial charge in [-0.25, -0.2) is 0 Å². The first-order valence-corrected chi connectivity index (χ1v) is 6.32. The minimum atomic E-state index is -0.155. The number of hydrogen-bond acceptors (Lipinski definition) is 3. The van der Waals surface area contributed by atoms with Crippen LogP contribution >= 0.6 is 0 Å². The van der Waals surface area contributed by atoms with Crippen LogP contribution in [-0.2, 0) is 4.79 Å². The molecule has 0 saturated heterocycles. The van der Waals surface area contributed by atoms with E-state index in [9.17, 15) is 9.59 Å². The van der Waals surface area contributed by atoms with Crippen LogP contribution in [0.4, 0.5) is 11.4 Å². The number of nitrogens with zero attached hydrogens (tertiary/aromatic N) is 1. The van der Waals surface area contributed by atoms with Gasteiger partial charge in [0.1, 0.15) is 0 Å². The Labute approximate surface area is 114 Å². The number of nitrogens with one attached hydrogen (secondary N) is 2.